The fourth-order valence-electron chi connectivity index (χ4n) is 2.76. The summed E-state index contributed by atoms with van der Waals surface area (Å²) in [4.78, 5) is 27.2. The number of sulfone groups is 1. The first-order valence-corrected chi connectivity index (χ1v) is 8.85. The number of carbonyl (C=O) groups excluding carboxylic acids is 2. The molecule has 2 saturated heterocycles. The Hall–Kier alpha value is -1.15. The van der Waals surface area contributed by atoms with Crippen molar-refractivity contribution in [2.45, 2.75) is 31.3 Å². The van der Waals surface area contributed by atoms with Crippen molar-refractivity contribution in [1.82, 2.24) is 9.80 Å². The first kappa shape index (κ1) is 15.2. The van der Waals surface area contributed by atoms with Crippen LogP contribution in [0.25, 0.3) is 0 Å². The van der Waals surface area contributed by atoms with Gasteiger partial charge in [0.1, 0.15) is 9.84 Å². The SMILES string of the molecule is CS(=O)(=O)CCC(N)C(=O)N1CCN2C(=O)CCC2C1. The molecule has 0 aromatic heterocycles. The predicted molar refractivity (Wildman–Crippen MR) is 73.6 cm³/mol. The molecule has 2 amide bonds. The van der Waals surface area contributed by atoms with E-state index in [-0.39, 0.29) is 30.0 Å². The van der Waals surface area contributed by atoms with E-state index in [9.17, 15) is 18.0 Å². The maximum Gasteiger partial charge on any atom is 0.239 e. The van der Waals surface area contributed by atoms with Crippen molar-refractivity contribution in [1.29, 1.82) is 0 Å². The van der Waals surface area contributed by atoms with Crippen molar-refractivity contribution < 1.29 is 18.0 Å². The molecular formula is C12H21N3O4S. The topological polar surface area (TPSA) is 101 Å². The summed E-state index contributed by atoms with van der Waals surface area (Å²) in [5.74, 6) is -0.141. The summed E-state index contributed by atoms with van der Waals surface area (Å²) in [6.45, 7) is 1.54. The third-order valence-corrected chi connectivity index (χ3v) is 4.90. The fraction of sp³-hybridized carbons (Fsp3) is 0.833. The summed E-state index contributed by atoms with van der Waals surface area (Å²) < 4.78 is 22.2. The van der Waals surface area contributed by atoms with E-state index < -0.39 is 15.9 Å². The molecule has 0 aromatic carbocycles. The lowest BCUT2D eigenvalue weighted by Gasteiger charge is -2.38. The smallest absolute Gasteiger partial charge is 0.239 e. The van der Waals surface area contributed by atoms with Crippen LogP contribution in [-0.4, -0.2) is 73.8 Å². The third-order valence-electron chi connectivity index (χ3n) is 3.92. The molecule has 20 heavy (non-hydrogen) atoms. The molecule has 2 N–H and O–H groups in total. The van der Waals surface area contributed by atoms with Crippen molar-refractivity contribution in [2.75, 3.05) is 31.6 Å². The van der Waals surface area contributed by atoms with Crippen LogP contribution in [0, 0.1) is 0 Å². The van der Waals surface area contributed by atoms with Crippen LogP contribution in [0.5, 0.6) is 0 Å². The van der Waals surface area contributed by atoms with Crippen LogP contribution in [0.2, 0.25) is 0 Å². The van der Waals surface area contributed by atoms with Gasteiger partial charge in [-0.15, -0.1) is 0 Å². The average Bonchev–Trinajstić information content (AvgIpc) is 2.75. The maximum atomic E-state index is 12.2. The van der Waals surface area contributed by atoms with Crippen LogP contribution >= 0.6 is 0 Å². The second kappa shape index (κ2) is 5.69. The molecule has 2 heterocycles. The molecule has 0 spiro atoms. The Kier molecular flexibility index (Phi) is 4.33. The van der Waals surface area contributed by atoms with Gasteiger partial charge in [-0.05, 0) is 12.8 Å². The Morgan fingerprint density at radius 1 is 1.45 bits per heavy atom. The molecule has 2 atom stereocenters. The van der Waals surface area contributed by atoms with E-state index in [0.717, 1.165) is 12.7 Å². The molecule has 0 radical (unpaired) electrons. The second-order valence-corrected chi connectivity index (χ2v) is 7.85. The van der Waals surface area contributed by atoms with Crippen LogP contribution in [0.4, 0.5) is 0 Å². The summed E-state index contributed by atoms with van der Waals surface area (Å²) in [7, 11) is -3.11. The number of fused-ring (bicyclic) bond motifs is 1. The highest BCUT2D eigenvalue weighted by molar-refractivity contribution is 7.90. The Labute approximate surface area is 119 Å². The molecule has 7 nitrogen and oxygen atoms in total. The van der Waals surface area contributed by atoms with Gasteiger partial charge in [0.15, 0.2) is 0 Å². The molecular weight excluding hydrogens is 282 g/mol. The largest absolute Gasteiger partial charge is 0.338 e. The van der Waals surface area contributed by atoms with E-state index in [2.05, 4.69) is 0 Å². The van der Waals surface area contributed by atoms with Gasteiger partial charge < -0.3 is 15.5 Å². The van der Waals surface area contributed by atoms with Crippen molar-refractivity contribution in [2.24, 2.45) is 5.73 Å². The molecule has 2 aliphatic rings. The third kappa shape index (κ3) is 3.49. The molecule has 0 bridgehead atoms. The molecule has 0 saturated carbocycles. The van der Waals surface area contributed by atoms with E-state index >= 15 is 0 Å². The molecule has 2 fully saturated rings. The molecule has 0 aromatic rings. The van der Waals surface area contributed by atoms with Gasteiger partial charge in [-0.1, -0.05) is 0 Å². The zero-order valence-corrected chi connectivity index (χ0v) is 12.4. The first-order chi connectivity index (χ1) is 9.28. The molecule has 114 valence electrons. The highest BCUT2D eigenvalue weighted by atomic mass is 32.2. The lowest BCUT2D eigenvalue weighted by Crippen LogP contribution is -2.56. The van der Waals surface area contributed by atoms with Gasteiger partial charge >= 0.3 is 0 Å². The summed E-state index contributed by atoms with van der Waals surface area (Å²) >= 11 is 0. The predicted octanol–water partition coefficient (Wildman–Crippen LogP) is -1.42. The average molecular weight is 303 g/mol. The van der Waals surface area contributed by atoms with E-state index in [4.69, 9.17) is 5.73 Å². The summed E-state index contributed by atoms with van der Waals surface area (Å²) in [6.07, 6.45) is 2.60. The number of piperazine rings is 1. The minimum atomic E-state index is -3.11. The van der Waals surface area contributed by atoms with E-state index in [1.165, 1.54) is 0 Å². The van der Waals surface area contributed by atoms with Crippen molar-refractivity contribution in [3.8, 4) is 0 Å². The van der Waals surface area contributed by atoms with E-state index in [1.54, 1.807) is 4.90 Å². The monoisotopic (exact) mass is 303 g/mol. The number of hydrogen-bond acceptors (Lipinski definition) is 5. The molecule has 2 aliphatic heterocycles. The number of amides is 2. The highest BCUT2D eigenvalue weighted by Gasteiger charge is 2.37. The van der Waals surface area contributed by atoms with Gasteiger partial charge in [0, 0.05) is 38.4 Å². The zero-order chi connectivity index (χ0) is 14.9. The fourth-order valence-corrected chi connectivity index (χ4v) is 3.45. The molecule has 2 rings (SSSR count). The quantitative estimate of drug-likeness (QED) is 0.687. The molecule has 8 heteroatoms. The van der Waals surface area contributed by atoms with Crippen LogP contribution in [0.3, 0.4) is 0 Å². The summed E-state index contributed by atoms with van der Waals surface area (Å²) in [5.41, 5.74) is 5.78. The van der Waals surface area contributed by atoms with Gasteiger partial charge in [0.05, 0.1) is 11.8 Å². The van der Waals surface area contributed by atoms with Crippen LogP contribution in [0.1, 0.15) is 19.3 Å². The van der Waals surface area contributed by atoms with Crippen molar-refractivity contribution >= 4 is 21.7 Å². The summed E-state index contributed by atoms with van der Waals surface area (Å²) in [5, 5.41) is 0. The van der Waals surface area contributed by atoms with E-state index in [0.29, 0.717) is 26.1 Å². The van der Waals surface area contributed by atoms with E-state index in [1.807, 2.05) is 4.90 Å². The van der Waals surface area contributed by atoms with Gasteiger partial charge in [-0.25, -0.2) is 8.42 Å². The minimum absolute atomic E-state index is 0.0816. The van der Waals surface area contributed by atoms with Gasteiger partial charge in [0.2, 0.25) is 11.8 Å². The number of hydrogen-bond donors (Lipinski definition) is 1. The van der Waals surface area contributed by atoms with Crippen LogP contribution in [-0.2, 0) is 19.4 Å². The lowest BCUT2D eigenvalue weighted by atomic mass is 10.1. The van der Waals surface area contributed by atoms with Gasteiger partial charge in [0.25, 0.3) is 0 Å². The highest BCUT2D eigenvalue weighted by Crippen LogP contribution is 2.23. The summed E-state index contributed by atoms with van der Waals surface area (Å²) in [6, 6.07) is -0.685. The Bertz CT molecular complexity index is 505. The Balaban J connectivity index is 1.88. The van der Waals surface area contributed by atoms with Crippen LogP contribution in [0.15, 0.2) is 0 Å². The number of rotatable bonds is 4. The number of nitrogens with two attached hydrogens (primary N) is 1. The Morgan fingerprint density at radius 3 is 2.80 bits per heavy atom. The normalized spacial score (nSPS) is 24.7. The van der Waals surface area contributed by atoms with Gasteiger partial charge in [-0.2, -0.15) is 0 Å². The lowest BCUT2D eigenvalue weighted by molar-refractivity contribution is -0.139. The minimum Gasteiger partial charge on any atom is -0.338 e. The number of carbonyl (C=O) groups is 2. The zero-order valence-electron chi connectivity index (χ0n) is 11.6. The van der Waals surface area contributed by atoms with Gasteiger partial charge in [-0.3, -0.25) is 9.59 Å². The standard InChI is InChI=1S/C12H21N3O4S/c1-20(18,19)7-4-10(13)12(17)14-5-6-15-9(8-14)2-3-11(15)16/h9-10H,2-8,13H2,1H3. The first-order valence-electron chi connectivity index (χ1n) is 6.79. The number of nitrogens with zero attached hydrogens (tertiary/aromatic N) is 2. The van der Waals surface area contributed by atoms with Crippen LogP contribution < -0.4 is 5.73 Å². The molecule has 0 aliphatic carbocycles. The Morgan fingerprint density at radius 2 is 2.15 bits per heavy atom. The second-order valence-electron chi connectivity index (χ2n) is 5.59. The van der Waals surface area contributed by atoms with Crippen molar-refractivity contribution in [3.05, 3.63) is 0 Å². The van der Waals surface area contributed by atoms with Crippen molar-refractivity contribution in [3.63, 3.8) is 0 Å². The maximum absolute atomic E-state index is 12.2. The molecule has 2 unspecified atom stereocenters.